The molecular weight excluding hydrogens is 446 g/mol. The van der Waals surface area contributed by atoms with Gasteiger partial charge in [-0.15, -0.1) is 0 Å². The lowest BCUT2D eigenvalue weighted by Crippen LogP contribution is -2.15. The summed E-state index contributed by atoms with van der Waals surface area (Å²) < 4.78 is 35.1. The summed E-state index contributed by atoms with van der Waals surface area (Å²) in [6.45, 7) is 5.28. The molecule has 0 atom stereocenters. The second kappa shape index (κ2) is 10.2. The minimum Gasteiger partial charge on any atom is -0.489 e. The van der Waals surface area contributed by atoms with Gasteiger partial charge in [0.15, 0.2) is 0 Å². The van der Waals surface area contributed by atoms with Crippen molar-refractivity contribution in [2.75, 3.05) is 16.2 Å². The lowest BCUT2D eigenvalue weighted by Gasteiger charge is -2.12. The molecule has 0 bridgehead atoms. The summed E-state index contributed by atoms with van der Waals surface area (Å²) in [5, 5.41) is 0.975. The zero-order valence-corrected chi connectivity index (χ0v) is 20.4. The van der Waals surface area contributed by atoms with Crippen molar-refractivity contribution < 1.29 is 13.2 Å². The number of aryl methyl sites for hydroxylation is 1. The summed E-state index contributed by atoms with van der Waals surface area (Å²) in [5.74, 6) is 0.889. The zero-order chi connectivity index (χ0) is 24.1. The number of hydrogen-bond acceptors (Lipinski definition) is 4. The van der Waals surface area contributed by atoms with Gasteiger partial charge in [-0.05, 0) is 42.7 Å². The number of nitrogen functional groups attached to an aromatic ring is 1. The molecule has 0 fully saturated rings. The normalized spacial score (nSPS) is 11.6. The SMILES string of the molecule is CCCn1c(-c2ccc(NS(=O)(=O)CCC)cc2)c(N)c2ccc(OCc3ccccc3)cc21. The molecule has 4 rings (SSSR count). The van der Waals surface area contributed by atoms with Gasteiger partial charge in [0.25, 0.3) is 0 Å². The Morgan fingerprint density at radius 2 is 1.68 bits per heavy atom. The maximum Gasteiger partial charge on any atom is 0.232 e. The Morgan fingerprint density at radius 1 is 0.941 bits per heavy atom. The number of fused-ring (bicyclic) bond motifs is 1. The quantitative estimate of drug-likeness (QED) is 0.292. The van der Waals surface area contributed by atoms with Gasteiger partial charge in [-0.1, -0.05) is 56.3 Å². The van der Waals surface area contributed by atoms with E-state index in [1.165, 1.54) is 0 Å². The Balaban J connectivity index is 1.66. The van der Waals surface area contributed by atoms with Crippen LogP contribution < -0.4 is 15.2 Å². The van der Waals surface area contributed by atoms with Crippen LogP contribution in [0.2, 0.25) is 0 Å². The van der Waals surface area contributed by atoms with E-state index in [2.05, 4.69) is 16.2 Å². The molecule has 0 aliphatic carbocycles. The molecule has 3 N–H and O–H groups in total. The Labute approximate surface area is 201 Å². The maximum absolute atomic E-state index is 12.1. The van der Waals surface area contributed by atoms with Crippen molar-refractivity contribution in [2.24, 2.45) is 0 Å². The number of anilines is 2. The Morgan fingerprint density at radius 3 is 2.35 bits per heavy atom. The second-order valence-electron chi connectivity index (χ2n) is 8.37. The number of nitrogens with two attached hydrogens (primary N) is 1. The van der Waals surface area contributed by atoms with Gasteiger partial charge < -0.3 is 15.0 Å². The summed E-state index contributed by atoms with van der Waals surface area (Å²) in [6.07, 6.45) is 1.51. The zero-order valence-electron chi connectivity index (χ0n) is 19.6. The van der Waals surface area contributed by atoms with Gasteiger partial charge in [-0.2, -0.15) is 0 Å². The van der Waals surface area contributed by atoms with Gasteiger partial charge in [0.2, 0.25) is 10.0 Å². The summed E-state index contributed by atoms with van der Waals surface area (Å²) in [5.41, 5.74) is 11.9. The van der Waals surface area contributed by atoms with Crippen LogP contribution in [0.4, 0.5) is 11.4 Å². The van der Waals surface area contributed by atoms with Gasteiger partial charge in [0, 0.05) is 29.2 Å². The van der Waals surface area contributed by atoms with E-state index in [1.807, 2.05) is 67.6 Å². The van der Waals surface area contributed by atoms with Crippen LogP contribution >= 0.6 is 0 Å². The molecule has 0 saturated carbocycles. The Hall–Kier alpha value is -3.45. The van der Waals surface area contributed by atoms with Gasteiger partial charge in [0.1, 0.15) is 12.4 Å². The van der Waals surface area contributed by atoms with Crippen LogP contribution in [0.15, 0.2) is 72.8 Å². The molecule has 0 spiro atoms. The summed E-state index contributed by atoms with van der Waals surface area (Å²) in [7, 11) is -3.33. The topological polar surface area (TPSA) is 86.4 Å². The number of nitrogens with zero attached hydrogens (tertiary/aromatic N) is 1. The molecule has 1 heterocycles. The van der Waals surface area contributed by atoms with E-state index in [4.69, 9.17) is 10.5 Å². The predicted molar refractivity (Wildman–Crippen MR) is 141 cm³/mol. The van der Waals surface area contributed by atoms with Crippen molar-refractivity contribution in [1.29, 1.82) is 0 Å². The molecule has 0 unspecified atom stereocenters. The molecule has 0 radical (unpaired) electrons. The molecular formula is C27H31N3O3S. The second-order valence-corrected chi connectivity index (χ2v) is 10.2. The number of rotatable bonds is 10. The third-order valence-corrected chi connectivity index (χ3v) is 7.17. The van der Waals surface area contributed by atoms with Crippen molar-refractivity contribution in [3.05, 3.63) is 78.4 Å². The average molecular weight is 478 g/mol. The van der Waals surface area contributed by atoms with E-state index in [0.29, 0.717) is 24.4 Å². The molecule has 0 amide bonds. The fraction of sp³-hybridized carbons (Fsp3) is 0.259. The third kappa shape index (κ3) is 5.20. The van der Waals surface area contributed by atoms with Crippen LogP contribution in [0.3, 0.4) is 0 Å². The highest BCUT2D eigenvalue weighted by atomic mass is 32.2. The largest absolute Gasteiger partial charge is 0.489 e. The highest BCUT2D eigenvalue weighted by Crippen LogP contribution is 2.38. The van der Waals surface area contributed by atoms with E-state index in [-0.39, 0.29) is 5.75 Å². The molecule has 1 aromatic heterocycles. The Bertz CT molecular complexity index is 1360. The lowest BCUT2D eigenvalue weighted by molar-refractivity contribution is 0.306. The summed E-state index contributed by atoms with van der Waals surface area (Å²) >= 11 is 0. The van der Waals surface area contributed by atoms with Crippen molar-refractivity contribution in [1.82, 2.24) is 4.57 Å². The van der Waals surface area contributed by atoms with E-state index < -0.39 is 10.0 Å². The number of hydrogen-bond donors (Lipinski definition) is 2. The van der Waals surface area contributed by atoms with Crippen LogP contribution in [0.25, 0.3) is 22.2 Å². The minimum absolute atomic E-state index is 0.0983. The van der Waals surface area contributed by atoms with Gasteiger partial charge >= 0.3 is 0 Å². The van der Waals surface area contributed by atoms with Crippen LogP contribution in [0, 0.1) is 0 Å². The van der Waals surface area contributed by atoms with Crippen molar-refractivity contribution in [3.8, 4) is 17.0 Å². The van der Waals surface area contributed by atoms with Crippen LogP contribution in [-0.4, -0.2) is 18.7 Å². The Kier molecular flexibility index (Phi) is 7.12. The molecule has 0 aliphatic heterocycles. The standard InChI is InChI=1S/C27H31N3O3S/c1-3-16-30-25-18-23(33-19-20-8-6-5-7-9-20)14-15-24(25)26(28)27(30)21-10-12-22(13-11-21)29-34(31,32)17-4-2/h5-15,18,29H,3-4,16-17,19,28H2,1-2H3. The fourth-order valence-electron chi connectivity index (χ4n) is 4.15. The van der Waals surface area contributed by atoms with Crippen LogP contribution in [-0.2, 0) is 23.2 Å². The first-order valence-corrected chi connectivity index (χ1v) is 13.3. The van der Waals surface area contributed by atoms with Crippen molar-refractivity contribution in [3.63, 3.8) is 0 Å². The monoisotopic (exact) mass is 477 g/mol. The lowest BCUT2D eigenvalue weighted by atomic mass is 10.1. The van der Waals surface area contributed by atoms with Gasteiger partial charge in [-0.25, -0.2) is 8.42 Å². The van der Waals surface area contributed by atoms with Crippen molar-refractivity contribution in [2.45, 2.75) is 39.8 Å². The molecule has 0 aliphatic rings. The molecule has 4 aromatic rings. The van der Waals surface area contributed by atoms with Gasteiger partial charge in [-0.3, -0.25) is 4.72 Å². The number of ether oxygens (including phenoxy) is 1. The summed E-state index contributed by atoms with van der Waals surface area (Å²) in [6, 6.07) is 23.5. The van der Waals surface area contributed by atoms with E-state index in [9.17, 15) is 8.42 Å². The van der Waals surface area contributed by atoms with Crippen LogP contribution in [0.1, 0.15) is 32.3 Å². The van der Waals surface area contributed by atoms with E-state index in [0.717, 1.165) is 46.4 Å². The average Bonchev–Trinajstić information content (AvgIpc) is 3.10. The smallest absolute Gasteiger partial charge is 0.232 e. The van der Waals surface area contributed by atoms with Crippen molar-refractivity contribution >= 4 is 32.3 Å². The first-order valence-electron chi connectivity index (χ1n) is 11.6. The first-order chi connectivity index (χ1) is 16.4. The first kappa shape index (κ1) is 23.7. The molecule has 34 heavy (non-hydrogen) atoms. The maximum atomic E-state index is 12.1. The molecule has 3 aromatic carbocycles. The molecule has 0 saturated heterocycles. The van der Waals surface area contributed by atoms with E-state index >= 15 is 0 Å². The fourth-order valence-corrected chi connectivity index (χ4v) is 5.28. The minimum atomic E-state index is -3.33. The molecule has 6 nitrogen and oxygen atoms in total. The highest BCUT2D eigenvalue weighted by Gasteiger charge is 2.17. The predicted octanol–water partition coefficient (Wildman–Crippen LogP) is 6.03. The number of sulfonamides is 1. The summed E-state index contributed by atoms with van der Waals surface area (Å²) in [4.78, 5) is 0. The third-order valence-electron chi connectivity index (χ3n) is 5.68. The van der Waals surface area contributed by atoms with Crippen LogP contribution in [0.5, 0.6) is 5.75 Å². The van der Waals surface area contributed by atoms with Gasteiger partial charge in [0.05, 0.1) is 22.7 Å². The number of benzene rings is 3. The molecule has 178 valence electrons. The molecule has 7 heteroatoms. The number of nitrogens with one attached hydrogen (secondary N) is 1. The highest BCUT2D eigenvalue weighted by molar-refractivity contribution is 7.92. The number of aromatic nitrogens is 1. The van der Waals surface area contributed by atoms with E-state index in [1.54, 1.807) is 12.1 Å².